The molecule has 1 aromatic carbocycles. The van der Waals surface area contributed by atoms with Gasteiger partial charge in [-0.25, -0.2) is 9.78 Å². The molecule has 0 radical (unpaired) electrons. The molecule has 0 fully saturated rings. The van der Waals surface area contributed by atoms with Crippen molar-refractivity contribution in [3.05, 3.63) is 45.9 Å². The molecule has 0 aliphatic heterocycles. The highest BCUT2D eigenvalue weighted by molar-refractivity contribution is 7.09. The van der Waals surface area contributed by atoms with E-state index in [1.165, 1.54) is 11.3 Å². The number of amides is 1. The van der Waals surface area contributed by atoms with Crippen molar-refractivity contribution in [3.63, 3.8) is 0 Å². The quantitative estimate of drug-likeness (QED) is 0.678. The lowest BCUT2D eigenvalue weighted by atomic mass is 10.2. The summed E-state index contributed by atoms with van der Waals surface area (Å²) in [6, 6.07) is 7.77. The Morgan fingerprint density at radius 1 is 1.27 bits per heavy atom. The van der Waals surface area contributed by atoms with Crippen LogP contribution in [0.5, 0.6) is 5.75 Å². The summed E-state index contributed by atoms with van der Waals surface area (Å²) < 4.78 is 10.6. The molecule has 0 aliphatic carbocycles. The van der Waals surface area contributed by atoms with Gasteiger partial charge in [0.15, 0.2) is 12.3 Å². The van der Waals surface area contributed by atoms with Crippen LogP contribution >= 0.6 is 11.3 Å². The molecule has 2 aromatic rings. The maximum Gasteiger partial charge on any atom is 0.358 e. The second-order valence-corrected chi connectivity index (χ2v) is 7.00. The minimum atomic E-state index is -0.610. The van der Waals surface area contributed by atoms with E-state index in [-0.39, 0.29) is 30.9 Å². The van der Waals surface area contributed by atoms with Crippen LogP contribution in [0, 0.1) is 6.92 Å². The number of nitrogens with one attached hydrogen (secondary N) is 1. The molecule has 140 valence electrons. The first-order valence-corrected chi connectivity index (χ1v) is 9.46. The van der Waals surface area contributed by atoms with Crippen molar-refractivity contribution in [2.45, 2.75) is 46.3 Å². The van der Waals surface area contributed by atoms with Gasteiger partial charge >= 0.3 is 5.97 Å². The molecule has 1 atom stereocenters. The average molecular weight is 376 g/mol. The number of benzene rings is 1. The van der Waals surface area contributed by atoms with E-state index >= 15 is 0 Å². The van der Waals surface area contributed by atoms with E-state index in [4.69, 9.17) is 9.47 Å². The predicted molar refractivity (Wildman–Crippen MR) is 100 cm³/mol. The Kier molecular flexibility index (Phi) is 7.59. The van der Waals surface area contributed by atoms with E-state index in [9.17, 15) is 9.59 Å². The fourth-order valence-electron chi connectivity index (χ4n) is 2.28. The molecule has 1 heterocycles. The summed E-state index contributed by atoms with van der Waals surface area (Å²) >= 11 is 1.31. The Bertz CT molecular complexity index is 727. The van der Waals surface area contributed by atoms with Crippen LogP contribution in [0.15, 0.2) is 29.6 Å². The molecule has 26 heavy (non-hydrogen) atoms. The van der Waals surface area contributed by atoms with Crippen LogP contribution in [0.3, 0.4) is 0 Å². The number of carbonyl (C=O) groups excluding carboxylic acids is 2. The first kappa shape index (κ1) is 19.9. The fraction of sp³-hybridized carbons (Fsp3) is 0.421. The van der Waals surface area contributed by atoms with Crippen LogP contribution in [0.4, 0.5) is 0 Å². The van der Waals surface area contributed by atoms with Gasteiger partial charge in [-0.3, -0.25) is 4.79 Å². The first-order valence-electron chi connectivity index (χ1n) is 8.58. The van der Waals surface area contributed by atoms with E-state index in [0.29, 0.717) is 5.01 Å². The first-order chi connectivity index (χ1) is 12.5. The topological polar surface area (TPSA) is 77.5 Å². The van der Waals surface area contributed by atoms with Crippen LogP contribution in [0.1, 0.15) is 47.7 Å². The zero-order valence-electron chi connectivity index (χ0n) is 15.3. The number of rotatable bonds is 9. The van der Waals surface area contributed by atoms with Gasteiger partial charge in [0, 0.05) is 11.4 Å². The second-order valence-electron chi connectivity index (χ2n) is 6.06. The van der Waals surface area contributed by atoms with Crippen LogP contribution in [0.25, 0.3) is 0 Å². The average Bonchev–Trinajstić information content (AvgIpc) is 3.08. The third-order valence-electron chi connectivity index (χ3n) is 3.61. The molecule has 0 saturated heterocycles. The van der Waals surface area contributed by atoms with Crippen molar-refractivity contribution < 1.29 is 19.1 Å². The Balaban J connectivity index is 1.78. The summed E-state index contributed by atoms with van der Waals surface area (Å²) in [6.07, 6.45) is 1.86. The van der Waals surface area contributed by atoms with Gasteiger partial charge in [0.25, 0.3) is 5.91 Å². The maximum atomic E-state index is 12.0. The van der Waals surface area contributed by atoms with Crippen molar-refractivity contribution >= 4 is 23.2 Å². The standard InChI is InChI=1S/C19H24N2O4S/c1-4-5-14(3)20-17(22)10-25-19(23)16-12-26-18(21-16)11-24-15-8-6-13(2)7-9-15/h6-9,12,14H,4-5,10-11H2,1-3H3,(H,20,22). The largest absolute Gasteiger partial charge is 0.486 e. The number of thiazole rings is 1. The van der Waals surface area contributed by atoms with Gasteiger partial charge in [0.1, 0.15) is 17.4 Å². The lowest BCUT2D eigenvalue weighted by Gasteiger charge is -2.12. The maximum absolute atomic E-state index is 12.0. The highest BCUT2D eigenvalue weighted by atomic mass is 32.1. The van der Waals surface area contributed by atoms with Crippen molar-refractivity contribution in [1.29, 1.82) is 0 Å². The Labute approximate surface area is 157 Å². The van der Waals surface area contributed by atoms with Crippen molar-refractivity contribution in [2.24, 2.45) is 0 Å². The predicted octanol–water partition coefficient (Wildman–Crippen LogP) is 3.49. The minimum absolute atomic E-state index is 0.0657. The van der Waals surface area contributed by atoms with Crippen LogP contribution in [0.2, 0.25) is 0 Å². The van der Waals surface area contributed by atoms with E-state index < -0.39 is 5.97 Å². The molecule has 0 saturated carbocycles. The van der Waals surface area contributed by atoms with Gasteiger partial charge in [-0.1, -0.05) is 31.0 Å². The van der Waals surface area contributed by atoms with Gasteiger partial charge in [-0.2, -0.15) is 0 Å². The molecule has 1 unspecified atom stereocenters. The molecule has 1 aromatic heterocycles. The number of carbonyl (C=O) groups is 2. The van der Waals surface area contributed by atoms with Crippen LogP contribution in [-0.2, 0) is 16.1 Å². The Hall–Kier alpha value is -2.41. The monoisotopic (exact) mass is 376 g/mol. The summed E-state index contributed by atoms with van der Waals surface area (Å²) in [6.45, 7) is 5.94. The third-order valence-corrected chi connectivity index (χ3v) is 4.43. The number of esters is 1. The molecular weight excluding hydrogens is 352 g/mol. The van der Waals surface area contributed by atoms with Gasteiger partial charge < -0.3 is 14.8 Å². The molecule has 1 amide bonds. The molecule has 1 N–H and O–H groups in total. The van der Waals surface area contributed by atoms with Crippen molar-refractivity contribution in [3.8, 4) is 5.75 Å². The Morgan fingerprint density at radius 3 is 2.69 bits per heavy atom. The highest BCUT2D eigenvalue weighted by Gasteiger charge is 2.15. The van der Waals surface area contributed by atoms with Crippen molar-refractivity contribution in [2.75, 3.05) is 6.61 Å². The van der Waals surface area contributed by atoms with E-state index in [2.05, 4.69) is 10.3 Å². The van der Waals surface area contributed by atoms with Crippen LogP contribution in [-0.4, -0.2) is 29.5 Å². The smallest absolute Gasteiger partial charge is 0.358 e. The zero-order chi connectivity index (χ0) is 18.9. The normalized spacial score (nSPS) is 11.7. The summed E-state index contributed by atoms with van der Waals surface area (Å²) in [5.74, 6) is -0.175. The molecule has 0 aliphatic rings. The number of ether oxygens (including phenoxy) is 2. The minimum Gasteiger partial charge on any atom is -0.486 e. The van der Waals surface area contributed by atoms with Gasteiger partial charge in [0.2, 0.25) is 0 Å². The number of aryl methyl sites for hydroxylation is 1. The zero-order valence-corrected chi connectivity index (χ0v) is 16.1. The Morgan fingerprint density at radius 2 is 2.00 bits per heavy atom. The fourth-order valence-corrected chi connectivity index (χ4v) is 2.95. The summed E-state index contributed by atoms with van der Waals surface area (Å²) in [4.78, 5) is 27.9. The highest BCUT2D eigenvalue weighted by Crippen LogP contribution is 2.16. The molecular formula is C19H24N2O4S. The number of nitrogens with zero attached hydrogens (tertiary/aromatic N) is 1. The summed E-state index contributed by atoms with van der Waals surface area (Å²) in [5.41, 5.74) is 1.34. The van der Waals surface area contributed by atoms with E-state index in [1.807, 2.05) is 45.0 Å². The lowest BCUT2D eigenvalue weighted by molar-refractivity contribution is -0.124. The molecule has 0 spiro atoms. The number of hydrogen-bond acceptors (Lipinski definition) is 6. The van der Waals surface area contributed by atoms with Crippen LogP contribution < -0.4 is 10.1 Å². The molecule has 7 heteroatoms. The van der Waals surface area contributed by atoms with E-state index in [1.54, 1.807) is 5.38 Å². The second kappa shape index (κ2) is 9.91. The molecule has 0 bridgehead atoms. The lowest BCUT2D eigenvalue weighted by Crippen LogP contribution is -2.35. The number of aromatic nitrogens is 1. The third kappa shape index (κ3) is 6.48. The van der Waals surface area contributed by atoms with Gasteiger partial charge in [-0.15, -0.1) is 11.3 Å². The van der Waals surface area contributed by atoms with E-state index in [0.717, 1.165) is 24.2 Å². The summed E-state index contributed by atoms with van der Waals surface area (Å²) in [5, 5.41) is 5.05. The van der Waals surface area contributed by atoms with Crippen molar-refractivity contribution in [1.82, 2.24) is 10.3 Å². The summed E-state index contributed by atoms with van der Waals surface area (Å²) in [7, 11) is 0. The van der Waals surface area contributed by atoms with Gasteiger partial charge in [0.05, 0.1) is 0 Å². The molecule has 2 rings (SSSR count). The van der Waals surface area contributed by atoms with Gasteiger partial charge in [-0.05, 0) is 32.4 Å². The molecule has 6 nitrogen and oxygen atoms in total. The SMILES string of the molecule is CCCC(C)NC(=O)COC(=O)c1csc(COc2ccc(C)cc2)n1. The number of hydrogen-bond donors (Lipinski definition) is 1.